The van der Waals surface area contributed by atoms with Crippen LogP contribution >= 0.6 is 11.3 Å². The molecular weight excluding hydrogens is 256 g/mol. The van der Waals surface area contributed by atoms with Crippen molar-refractivity contribution in [3.05, 3.63) is 57.8 Å². The van der Waals surface area contributed by atoms with Crippen molar-refractivity contribution in [1.82, 2.24) is 5.32 Å². The lowest BCUT2D eigenvalue weighted by molar-refractivity contribution is -0.123. The van der Waals surface area contributed by atoms with Crippen molar-refractivity contribution in [3.8, 4) is 0 Å². The number of amides is 1. The number of aryl methyl sites for hydroxylation is 1. The lowest BCUT2D eigenvalue weighted by atomic mass is 10.1. The zero-order valence-corrected chi connectivity index (χ0v) is 11.9. The summed E-state index contributed by atoms with van der Waals surface area (Å²) in [5, 5.41) is 4.87. The normalized spacial score (nSPS) is 13.8. The van der Waals surface area contributed by atoms with Crippen LogP contribution < -0.4 is 11.1 Å². The molecule has 0 saturated carbocycles. The SMILES string of the molecule is Cc1ccc(C(C)NC(=O)C(N)c2cccs2)cc1. The summed E-state index contributed by atoms with van der Waals surface area (Å²) in [6.45, 7) is 4.00. The van der Waals surface area contributed by atoms with Gasteiger partial charge in [-0.05, 0) is 30.9 Å². The van der Waals surface area contributed by atoms with Crippen molar-refractivity contribution in [1.29, 1.82) is 0 Å². The fourth-order valence-corrected chi connectivity index (χ4v) is 2.56. The van der Waals surface area contributed by atoms with Crippen molar-refractivity contribution in [2.75, 3.05) is 0 Å². The van der Waals surface area contributed by atoms with Gasteiger partial charge >= 0.3 is 0 Å². The Kier molecular flexibility index (Phi) is 4.35. The Morgan fingerprint density at radius 3 is 2.53 bits per heavy atom. The summed E-state index contributed by atoms with van der Waals surface area (Å²) in [4.78, 5) is 12.9. The summed E-state index contributed by atoms with van der Waals surface area (Å²) >= 11 is 1.50. The van der Waals surface area contributed by atoms with Gasteiger partial charge < -0.3 is 11.1 Å². The zero-order chi connectivity index (χ0) is 13.8. The number of rotatable bonds is 4. The number of nitrogens with two attached hydrogens (primary N) is 1. The average Bonchev–Trinajstić information content (AvgIpc) is 2.92. The van der Waals surface area contributed by atoms with Gasteiger partial charge in [-0.3, -0.25) is 4.79 Å². The molecule has 0 aliphatic carbocycles. The fraction of sp³-hybridized carbons (Fsp3) is 0.267. The molecule has 0 radical (unpaired) electrons. The Balaban J connectivity index is 2.00. The molecule has 0 saturated heterocycles. The molecule has 2 aromatic rings. The third kappa shape index (κ3) is 3.43. The molecule has 2 atom stereocenters. The lowest BCUT2D eigenvalue weighted by Crippen LogP contribution is -2.35. The van der Waals surface area contributed by atoms with Crippen LogP contribution in [-0.4, -0.2) is 5.91 Å². The molecular formula is C15H18N2OS. The van der Waals surface area contributed by atoms with Crippen LogP contribution in [0.2, 0.25) is 0 Å². The number of benzene rings is 1. The van der Waals surface area contributed by atoms with E-state index in [0.29, 0.717) is 0 Å². The second-order valence-electron chi connectivity index (χ2n) is 4.63. The van der Waals surface area contributed by atoms with Crippen LogP contribution in [0.4, 0.5) is 0 Å². The van der Waals surface area contributed by atoms with Crippen LogP contribution in [0.15, 0.2) is 41.8 Å². The van der Waals surface area contributed by atoms with E-state index in [4.69, 9.17) is 5.73 Å². The van der Waals surface area contributed by atoms with Crippen LogP contribution in [0.3, 0.4) is 0 Å². The van der Waals surface area contributed by atoms with Crippen LogP contribution in [0.1, 0.15) is 35.0 Å². The lowest BCUT2D eigenvalue weighted by Gasteiger charge is -2.17. The van der Waals surface area contributed by atoms with E-state index in [0.717, 1.165) is 10.4 Å². The molecule has 0 aliphatic heterocycles. The minimum absolute atomic E-state index is 0.0425. The monoisotopic (exact) mass is 274 g/mol. The van der Waals surface area contributed by atoms with Gasteiger partial charge in [-0.1, -0.05) is 35.9 Å². The first kappa shape index (κ1) is 13.8. The number of carbonyl (C=O) groups is 1. The van der Waals surface area contributed by atoms with Gasteiger partial charge in [0.1, 0.15) is 6.04 Å². The standard InChI is InChI=1S/C15H18N2OS/c1-10-5-7-12(8-6-10)11(2)17-15(18)14(16)13-4-3-9-19-13/h3-9,11,14H,16H2,1-2H3,(H,17,18). The van der Waals surface area contributed by atoms with E-state index >= 15 is 0 Å². The molecule has 1 aromatic heterocycles. The molecule has 4 heteroatoms. The van der Waals surface area contributed by atoms with Crippen molar-refractivity contribution in [3.63, 3.8) is 0 Å². The Labute approximate surface area is 117 Å². The largest absolute Gasteiger partial charge is 0.348 e. The summed E-state index contributed by atoms with van der Waals surface area (Å²) in [5.74, 6) is -0.143. The highest BCUT2D eigenvalue weighted by molar-refractivity contribution is 7.10. The van der Waals surface area contributed by atoms with Gasteiger partial charge in [0.25, 0.3) is 0 Å². The highest BCUT2D eigenvalue weighted by atomic mass is 32.1. The molecule has 1 heterocycles. The topological polar surface area (TPSA) is 55.1 Å². The van der Waals surface area contributed by atoms with Crippen molar-refractivity contribution in [2.24, 2.45) is 5.73 Å². The van der Waals surface area contributed by atoms with E-state index in [-0.39, 0.29) is 11.9 Å². The smallest absolute Gasteiger partial charge is 0.242 e. The second-order valence-corrected chi connectivity index (χ2v) is 5.61. The van der Waals surface area contributed by atoms with Gasteiger partial charge in [0, 0.05) is 4.88 Å². The van der Waals surface area contributed by atoms with Gasteiger partial charge in [-0.15, -0.1) is 11.3 Å². The number of nitrogens with one attached hydrogen (secondary N) is 1. The molecule has 19 heavy (non-hydrogen) atoms. The predicted molar refractivity (Wildman–Crippen MR) is 79.0 cm³/mol. The van der Waals surface area contributed by atoms with Crippen molar-refractivity contribution in [2.45, 2.75) is 25.9 Å². The Bertz CT molecular complexity index is 534. The van der Waals surface area contributed by atoms with Crippen LogP contribution in [0, 0.1) is 6.92 Å². The summed E-state index contributed by atoms with van der Waals surface area (Å²) in [6.07, 6.45) is 0. The molecule has 1 aromatic carbocycles. The van der Waals surface area contributed by atoms with E-state index in [1.165, 1.54) is 16.9 Å². The van der Waals surface area contributed by atoms with Gasteiger partial charge in [0.05, 0.1) is 6.04 Å². The van der Waals surface area contributed by atoms with Gasteiger partial charge in [-0.2, -0.15) is 0 Å². The molecule has 1 amide bonds. The van der Waals surface area contributed by atoms with Crippen molar-refractivity contribution < 1.29 is 4.79 Å². The highest BCUT2D eigenvalue weighted by Gasteiger charge is 2.18. The number of thiophene rings is 1. The minimum Gasteiger partial charge on any atom is -0.348 e. The first-order valence-corrected chi connectivity index (χ1v) is 7.12. The summed E-state index contributed by atoms with van der Waals surface area (Å²) in [6, 6.07) is 11.3. The molecule has 3 N–H and O–H groups in total. The van der Waals surface area contributed by atoms with Gasteiger partial charge in [0.15, 0.2) is 0 Å². The first-order valence-electron chi connectivity index (χ1n) is 6.24. The maximum atomic E-state index is 12.1. The second kappa shape index (κ2) is 5.99. The highest BCUT2D eigenvalue weighted by Crippen LogP contribution is 2.19. The first-order chi connectivity index (χ1) is 9.08. The van der Waals surface area contributed by atoms with E-state index in [2.05, 4.69) is 5.32 Å². The molecule has 2 unspecified atom stereocenters. The van der Waals surface area contributed by atoms with E-state index in [1.807, 2.05) is 55.6 Å². The molecule has 0 fully saturated rings. The third-order valence-corrected chi connectivity index (χ3v) is 4.02. The van der Waals surface area contributed by atoms with Crippen molar-refractivity contribution >= 4 is 17.2 Å². The number of hydrogen-bond acceptors (Lipinski definition) is 3. The van der Waals surface area contributed by atoms with Crippen LogP contribution in [-0.2, 0) is 4.79 Å². The van der Waals surface area contributed by atoms with Gasteiger partial charge in [0.2, 0.25) is 5.91 Å². The Morgan fingerprint density at radius 2 is 1.95 bits per heavy atom. The predicted octanol–water partition coefficient (Wildman–Crippen LogP) is 2.93. The molecule has 100 valence electrons. The summed E-state index contributed by atoms with van der Waals surface area (Å²) in [7, 11) is 0. The zero-order valence-electron chi connectivity index (χ0n) is 11.1. The summed E-state index contributed by atoms with van der Waals surface area (Å²) < 4.78 is 0. The molecule has 0 spiro atoms. The van der Waals surface area contributed by atoms with E-state index < -0.39 is 6.04 Å². The molecule has 0 aliphatic rings. The number of hydrogen-bond donors (Lipinski definition) is 2. The molecule has 3 nitrogen and oxygen atoms in total. The van der Waals surface area contributed by atoms with E-state index in [1.54, 1.807) is 0 Å². The maximum Gasteiger partial charge on any atom is 0.242 e. The van der Waals surface area contributed by atoms with E-state index in [9.17, 15) is 4.79 Å². The quantitative estimate of drug-likeness (QED) is 0.900. The van der Waals surface area contributed by atoms with Gasteiger partial charge in [-0.25, -0.2) is 0 Å². The Morgan fingerprint density at radius 1 is 1.26 bits per heavy atom. The molecule has 0 bridgehead atoms. The minimum atomic E-state index is -0.590. The Hall–Kier alpha value is -1.65. The average molecular weight is 274 g/mol. The van der Waals surface area contributed by atoms with Crippen LogP contribution in [0.25, 0.3) is 0 Å². The summed E-state index contributed by atoms with van der Waals surface area (Å²) in [5.41, 5.74) is 8.22. The third-order valence-electron chi connectivity index (χ3n) is 3.07. The number of carbonyl (C=O) groups excluding carboxylic acids is 1. The fourth-order valence-electron chi connectivity index (χ4n) is 1.84. The molecule has 2 rings (SSSR count). The van der Waals surface area contributed by atoms with Crippen LogP contribution in [0.5, 0.6) is 0 Å². The maximum absolute atomic E-state index is 12.1.